The third-order valence-electron chi connectivity index (χ3n) is 9.87. The molecule has 1 rings (SSSR count). The molecule has 0 aliphatic carbocycles. The van der Waals surface area contributed by atoms with Crippen molar-refractivity contribution < 1.29 is 56.2 Å². The molecule has 1 aliphatic heterocycles. The van der Waals surface area contributed by atoms with Gasteiger partial charge in [-0.15, -0.1) is 0 Å². The van der Waals surface area contributed by atoms with Crippen LogP contribution in [0.2, 0.25) is 0 Å². The summed E-state index contributed by atoms with van der Waals surface area (Å²) in [5, 5.41) is 30.6. The first-order valence-electron chi connectivity index (χ1n) is 22.5. The molecule has 0 spiro atoms. The molecule has 0 bridgehead atoms. The minimum absolute atomic E-state index is 0.0192. The number of carbonyl (C=O) groups excluding carboxylic acids is 1. The van der Waals surface area contributed by atoms with Crippen LogP contribution in [0.5, 0.6) is 0 Å². The smallest absolute Gasteiger partial charge is 0.397 e. The molecule has 0 saturated carbocycles. The van der Waals surface area contributed by atoms with Gasteiger partial charge < -0.3 is 34.3 Å². The molecule has 13 heteroatoms. The lowest BCUT2D eigenvalue weighted by atomic mass is 9.99. The van der Waals surface area contributed by atoms with E-state index in [1.54, 1.807) is 0 Å². The number of esters is 1. The second-order valence-corrected chi connectivity index (χ2v) is 16.3. The molecule has 6 unspecified atom stereocenters. The van der Waals surface area contributed by atoms with E-state index < -0.39 is 59.8 Å². The van der Waals surface area contributed by atoms with Gasteiger partial charge in [0.05, 0.1) is 19.8 Å². The van der Waals surface area contributed by atoms with Gasteiger partial charge in [0.2, 0.25) is 0 Å². The van der Waals surface area contributed by atoms with E-state index in [-0.39, 0.29) is 19.6 Å². The van der Waals surface area contributed by atoms with Crippen LogP contribution in [0.1, 0.15) is 162 Å². The number of aliphatic hydroxyl groups excluding tert-OH is 3. The summed E-state index contributed by atoms with van der Waals surface area (Å²) in [6.45, 7) is 3.81. The van der Waals surface area contributed by atoms with E-state index in [0.717, 1.165) is 77.0 Å². The Labute approximate surface area is 357 Å². The molecule has 6 atom stereocenters. The Morgan fingerprint density at radius 2 is 1.17 bits per heavy atom. The van der Waals surface area contributed by atoms with Crippen LogP contribution in [-0.2, 0) is 38.3 Å². The molecule has 1 fully saturated rings. The average Bonchev–Trinajstić information content (AvgIpc) is 3.20. The average molecular weight is 857 g/mol. The number of hydrogen-bond donors (Lipinski definition) is 4. The van der Waals surface area contributed by atoms with Crippen LogP contribution >= 0.6 is 0 Å². The van der Waals surface area contributed by atoms with Gasteiger partial charge in [-0.3, -0.25) is 9.35 Å². The molecule has 1 heterocycles. The molecule has 0 amide bonds. The van der Waals surface area contributed by atoms with Crippen molar-refractivity contribution in [2.45, 2.75) is 198 Å². The highest BCUT2D eigenvalue weighted by Gasteiger charge is 2.48. The Morgan fingerprint density at radius 1 is 0.661 bits per heavy atom. The van der Waals surface area contributed by atoms with Crippen molar-refractivity contribution in [1.29, 1.82) is 0 Å². The summed E-state index contributed by atoms with van der Waals surface area (Å²) in [4.78, 5) is 12.8. The first kappa shape index (κ1) is 54.8. The maximum absolute atomic E-state index is 12.8. The maximum atomic E-state index is 12.8. The Balaban J connectivity index is 2.47. The summed E-state index contributed by atoms with van der Waals surface area (Å²) in [7, 11) is -5.07. The Morgan fingerprint density at radius 3 is 1.73 bits per heavy atom. The van der Waals surface area contributed by atoms with Gasteiger partial charge in [-0.1, -0.05) is 139 Å². The molecule has 1 saturated heterocycles. The standard InChI is InChI=1S/C46H80O12S/c1-3-5-7-9-11-13-15-17-19-20-21-23-25-27-29-31-33-35-42(48)56-40(39-55-46-44(50)45(58-59(51,52)53)43(49)41(37-47)57-46)38-54-36-34-32-30-28-26-24-22-18-16-14-12-10-8-6-4-2/h5,7,11,13,16-19,21,23,40-41,43-47,49-50H,3-4,6,8-10,12,14-15,20,22,24-39H2,1-2H3,(H,51,52,53)/b7-5-,13-11-,18-16-,19-17-,23-21-. The topological polar surface area (TPSA) is 178 Å². The van der Waals surface area contributed by atoms with E-state index in [4.69, 9.17) is 23.5 Å². The minimum atomic E-state index is -5.07. The lowest BCUT2D eigenvalue weighted by Gasteiger charge is -2.41. The molecule has 12 nitrogen and oxygen atoms in total. The van der Waals surface area contributed by atoms with Crippen LogP contribution in [0.3, 0.4) is 0 Å². The second-order valence-electron chi connectivity index (χ2n) is 15.3. The zero-order valence-corrected chi connectivity index (χ0v) is 37.1. The first-order chi connectivity index (χ1) is 28.6. The molecular weight excluding hydrogens is 777 g/mol. The fraction of sp³-hybridized carbons (Fsp3) is 0.761. The van der Waals surface area contributed by atoms with E-state index in [2.05, 4.69) is 78.8 Å². The number of hydrogen-bond acceptors (Lipinski definition) is 11. The molecule has 0 radical (unpaired) electrons. The highest BCUT2D eigenvalue weighted by Crippen LogP contribution is 2.26. The molecule has 4 N–H and O–H groups in total. The summed E-state index contributed by atoms with van der Waals surface area (Å²) < 4.78 is 59.0. The van der Waals surface area contributed by atoms with Crippen LogP contribution in [0.15, 0.2) is 60.8 Å². The summed E-state index contributed by atoms with van der Waals surface area (Å²) in [6.07, 6.45) is 36.8. The second kappa shape index (κ2) is 37.6. The third kappa shape index (κ3) is 31.3. The molecule has 342 valence electrons. The number of ether oxygens (including phenoxy) is 4. The highest BCUT2D eigenvalue weighted by molar-refractivity contribution is 7.80. The summed E-state index contributed by atoms with van der Waals surface area (Å²) in [5.41, 5.74) is 0. The number of carbonyl (C=O) groups is 1. The zero-order valence-electron chi connectivity index (χ0n) is 36.3. The first-order valence-corrected chi connectivity index (χ1v) is 23.9. The Bertz CT molecular complexity index is 1260. The van der Waals surface area contributed by atoms with E-state index in [1.807, 2.05) is 0 Å². The molecule has 0 aromatic rings. The van der Waals surface area contributed by atoms with Crippen molar-refractivity contribution in [2.24, 2.45) is 0 Å². The van der Waals surface area contributed by atoms with Crippen LogP contribution in [0, 0.1) is 0 Å². The molecule has 1 aliphatic rings. The van der Waals surface area contributed by atoms with E-state index in [9.17, 15) is 28.5 Å². The lowest BCUT2D eigenvalue weighted by Crippen LogP contribution is -2.60. The minimum Gasteiger partial charge on any atom is -0.457 e. The van der Waals surface area contributed by atoms with E-state index in [0.29, 0.717) is 13.0 Å². The monoisotopic (exact) mass is 857 g/mol. The number of allylic oxidation sites excluding steroid dienone is 10. The molecule has 0 aromatic carbocycles. The summed E-state index contributed by atoms with van der Waals surface area (Å²) in [5.74, 6) is -0.427. The molecule has 59 heavy (non-hydrogen) atoms. The number of rotatable bonds is 38. The van der Waals surface area contributed by atoms with Gasteiger partial charge in [0.1, 0.15) is 30.5 Å². The molecular formula is C46H80O12S. The van der Waals surface area contributed by atoms with Crippen LogP contribution in [-0.4, -0.2) is 97.5 Å². The van der Waals surface area contributed by atoms with Crippen molar-refractivity contribution in [3.05, 3.63) is 60.8 Å². The fourth-order valence-corrected chi connectivity index (χ4v) is 6.99. The van der Waals surface area contributed by atoms with Crippen LogP contribution in [0.4, 0.5) is 0 Å². The van der Waals surface area contributed by atoms with Gasteiger partial charge in [-0.05, 0) is 77.0 Å². The van der Waals surface area contributed by atoms with Crippen LogP contribution < -0.4 is 0 Å². The van der Waals surface area contributed by atoms with Crippen LogP contribution in [0.25, 0.3) is 0 Å². The Hall–Kier alpha value is -2.20. The van der Waals surface area contributed by atoms with Gasteiger partial charge >= 0.3 is 16.4 Å². The largest absolute Gasteiger partial charge is 0.457 e. The SMILES string of the molecule is CC/C=C\C/C=C\C/C=C\C/C=C\CCCCCCC(=O)OC(COCCCCCCCC/C=C\CCCCCCC)COC1OC(CO)C(O)C(OS(=O)(=O)O)C1O. The summed E-state index contributed by atoms with van der Waals surface area (Å²) >= 11 is 0. The van der Waals surface area contributed by atoms with Gasteiger partial charge in [0.15, 0.2) is 6.29 Å². The van der Waals surface area contributed by atoms with Crippen molar-refractivity contribution >= 4 is 16.4 Å². The zero-order chi connectivity index (χ0) is 43.2. The normalized spacial score (nSPS) is 20.9. The van der Waals surface area contributed by atoms with Gasteiger partial charge in [0.25, 0.3) is 0 Å². The fourth-order valence-electron chi connectivity index (χ4n) is 6.48. The number of unbranched alkanes of at least 4 members (excludes halogenated alkanes) is 15. The van der Waals surface area contributed by atoms with E-state index in [1.165, 1.54) is 57.8 Å². The van der Waals surface area contributed by atoms with Crippen molar-refractivity contribution in [3.63, 3.8) is 0 Å². The van der Waals surface area contributed by atoms with Crippen molar-refractivity contribution in [3.8, 4) is 0 Å². The van der Waals surface area contributed by atoms with Gasteiger partial charge in [0, 0.05) is 13.0 Å². The highest BCUT2D eigenvalue weighted by atomic mass is 32.3. The van der Waals surface area contributed by atoms with Gasteiger partial charge in [-0.25, -0.2) is 4.18 Å². The van der Waals surface area contributed by atoms with Crippen molar-refractivity contribution in [1.82, 2.24) is 0 Å². The summed E-state index contributed by atoms with van der Waals surface area (Å²) in [6, 6.07) is 0. The molecule has 0 aromatic heterocycles. The Kier molecular flexibility index (Phi) is 34.9. The predicted octanol–water partition coefficient (Wildman–Crippen LogP) is 9.35. The lowest BCUT2D eigenvalue weighted by molar-refractivity contribution is -0.301. The van der Waals surface area contributed by atoms with E-state index >= 15 is 0 Å². The van der Waals surface area contributed by atoms with Gasteiger partial charge in [-0.2, -0.15) is 8.42 Å². The quantitative estimate of drug-likeness (QED) is 0.0201. The number of aliphatic hydroxyl groups is 3. The third-order valence-corrected chi connectivity index (χ3v) is 10.3. The predicted molar refractivity (Wildman–Crippen MR) is 234 cm³/mol. The van der Waals surface area contributed by atoms with Crippen molar-refractivity contribution in [2.75, 3.05) is 26.4 Å². The maximum Gasteiger partial charge on any atom is 0.397 e.